The lowest BCUT2D eigenvalue weighted by Gasteiger charge is -2.02. The van der Waals surface area contributed by atoms with Crippen molar-refractivity contribution in [2.45, 2.75) is 6.54 Å². The molecule has 0 saturated carbocycles. The van der Waals surface area contributed by atoms with Gasteiger partial charge < -0.3 is 5.32 Å². The van der Waals surface area contributed by atoms with E-state index >= 15 is 0 Å². The average Bonchev–Trinajstić information content (AvgIpc) is 2.19. The molecule has 66 valence electrons. The first-order chi connectivity index (χ1) is 6.38. The monoisotopic (exact) mass is 173 g/mol. The number of hydrogen-bond donors (Lipinski definition) is 1. The van der Waals surface area contributed by atoms with Gasteiger partial charge in [0.05, 0.1) is 0 Å². The highest BCUT2D eigenvalue weighted by atomic mass is 14.8. The molecule has 13 heavy (non-hydrogen) atoms. The zero-order valence-corrected chi connectivity index (χ0v) is 7.33. The first-order valence-electron chi connectivity index (χ1n) is 4.04. The second-order valence-corrected chi connectivity index (χ2v) is 2.54. The maximum absolute atomic E-state index is 8.71. The molecule has 0 unspecified atom stereocenters. The van der Waals surface area contributed by atoms with Crippen molar-refractivity contribution in [2.75, 3.05) is 6.54 Å². The van der Waals surface area contributed by atoms with Crippen LogP contribution in [0, 0.1) is 11.3 Å². The van der Waals surface area contributed by atoms with Gasteiger partial charge in [0.1, 0.15) is 11.8 Å². The zero-order valence-electron chi connectivity index (χ0n) is 7.33. The van der Waals surface area contributed by atoms with Crippen LogP contribution in [0.5, 0.6) is 0 Å². The van der Waals surface area contributed by atoms with Crippen molar-refractivity contribution in [3.8, 4) is 6.07 Å². The summed E-state index contributed by atoms with van der Waals surface area (Å²) in [7, 11) is 0. The molecule has 0 radical (unpaired) electrons. The molecule has 3 heteroatoms. The van der Waals surface area contributed by atoms with Crippen molar-refractivity contribution in [1.82, 2.24) is 10.3 Å². The van der Waals surface area contributed by atoms with Gasteiger partial charge in [-0.3, -0.25) is 0 Å². The van der Waals surface area contributed by atoms with Crippen LogP contribution in [0.2, 0.25) is 0 Å². The first-order valence-corrected chi connectivity index (χ1v) is 4.04. The lowest BCUT2D eigenvalue weighted by molar-refractivity contribution is 0.755. The van der Waals surface area contributed by atoms with Crippen molar-refractivity contribution in [3.63, 3.8) is 0 Å². The predicted octanol–water partition coefficient (Wildman–Crippen LogP) is 1.23. The predicted molar refractivity (Wildman–Crippen MR) is 50.9 cm³/mol. The number of hydrogen-bond acceptors (Lipinski definition) is 3. The third-order valence-electron chi connectivity index (χ3n) is 1.60. The van der Waals surface area contributed by atoms with Crippen LogP contribution in [-0.4, -0.2) is 11.5 Å². The van der Waals surface area contributed by atoms with Crippen LogP contribution >= 0.6 is 0 Å². The third kappa shape index (κ3) is 2.69. The molecule has 0 aliphatic heterocycles. The highest BCUT2D eigenvalue weighted by Crippen LogP contribution is 2.02. The Morgan fingerprint density at radius 1 is 1.69 bits per heavy atom. The van der Waals surface area contributed by atoms with E-state index in [-0.39, 0.29) is 0 Å². The van der Waals surface area contributed by atoms with E-state index in [0.29, 0.717) is 12.2 Å². The fourth-order valence-electron chi connectivity index (χ4n) is 0.991. The minimum atomic E-state index is 0.485. The van der Waals surface area contributed by atoms with E-state index in [1.807, 2.05) is 18.2 Å². The summed E-state index contributed by atoms with van der Waals surface area (Å²) in [6.45, 7) is 4.98. The number of pyridine rings is 1. The molecule has 0 saturated heterocycles. The van der Waals surface area contributed by atoms with Crippen molar-refractivity contribution in [1.29, 1.82) is 5.26 Å². The number of rotatable bonds is 4. The van der Waals surface area contributed by atoms with E-state index < -0.39 is 0 Å². The van der Waals surface area contributed by atoms with E-state index in [1.54, 1.807) is 12.3 Å². The van der Waals surface area contributed by atoms with Crippen molar-refractivity contribution in [3.05, 3.63) is 42.2 Å². The van der Waals surface area contributed by atoms with E-state index in [2.05, 4.69) is 16.9 Å². The van der Waals surface area contributed by atoms with Crippen LogP contribution in [0.15, 0.2) is 31.0 Å². The van der Waals surface area contributed by atoms with E-state index in [1.165, 1.54) is 0 Å². The van der Waals surface area contributed by atoms with E-state index in [9.17, 15) is 0 Å². The lowest BCUT2D eigenvalue weighted by atomic mass is 10.2. The van der Waals surface area contributed by atoms with Crippen molar-refractivity contribution < 1.29 is 0 Å². The summed E-state index contributed by atoms with van der Waals surface area (Å²) in [6.07, 6.45) is 3.40. The van der Waals surface area contributed by atoms with E-state index in [0.717, 1.165) is 12.1 Å². The summed E-state index contributed by atoms with van der Waals surface area (Å²) < 4.78 is 0. The Kier molecular flexibility index (Phi) is 3.68. The molecule has 1 rings (SSSR count). The van der Waals surface area contributed by atoms with Gasteiger partial charge in [0, 0.05) is 24.8 Å². The molecule has 0 aliphatic rings. The zero-order chi connectivity index (χ0) is 9.52. The normalized spacial score (nSPS) is 9.15. The summed E-state index contributed by atoms with van der Waals surface area (Å²) in [6, 6.07) is 5.76. The topological polar surface area (TPSA) is 48.7 Å². The van der Waals surface area contributed by atoms with Crippen molar-refractivity contribution in [2.24, 2.45) is 0 Å². The molecule has 0 aliphatic carbocycles. The third-order valence-corrected chi connectivity index (χ3v) is 1.60. The van der Waals surface area contributed by atoms with Gasteiger partial charge in [0.2, 0.25) is 0 Å². The molecule has 0 spiro atoms. The number of nitrogens with zero attached hydrogens (tertiary/aromatic N) is 2. The number of aromatic nitrogens is 1. The molecule has 0 aromatic carbocycles. The van der Waals surface area contributed by atoms with Gasteiger partial charge in [-0.2, -0.15) is 5.26 Å². The molecule has 1 N–H and O–H groups in total. The maximum atomic E-state index is 8.71. The number of nitriles is 1. The van der Waals surface area contributed by atoms with E-state index in [4.69, 9.17) is 5.26 Å². The Morgan fingerprint density at radius 3 is 3.23 bits per heavy atom. The molecule has 1 aromatic heterocycles. The minimum Gasteiger partial charge on any atom is -0.309 e. The van der Waals surface area contributed by atoms with Gasteiger partial charge in [-0.15, -0.1) is 6.58 Å². The Morgan fingerprint density at radius 2 is 2.54 bits per heavy atom. The fourth-order valence-corrected chi connectivity index (χ4v) is 0.991. The molecular formula is C10H11N3. The minimum absolute atomic E-state index is 0.485. The molecule has 0 fully saturated rings. The SMILES string of the molecule is C=CCNCc1cccnc1C#N. The summed E-state index contributed by atoms with van der Waals surface area (Å²) in [5, 5.41) is 11.8. The van der Waals surface area contributed by atoms with Gasteiger partial charge in [0.25, 0.3) is 0 Å². The van der Waals surface area contributed by atoms with Crippen LogP contribution in [-0.2, 0) is 6.54 Å². The number of nitrogens with one attached hydrogen (secondary N) is 1. The quantitative estimate of drug-likeness (QED) is 0.550. The van der Waals surface area contributed by atoms with Crippen LogP contribution in [0.1, 0.15) is 11.3 Å². The van der Waals surface area contributed by atoms with Crippen LogP contribution in [0.3, 0.4) is 0 Å². The van der Waals surface area contributed by atoms with Crippen molar-refractivity contribution >= 4 is 0 Å². The Hall–Kier alpha value is -1.66. The molecular weight excluding hydrogens is 162 g/mol. The smallest absolute Gasteiger partial charge is 0.144 e. The van der Waals surface area contributed by atoms with Crippen LogP contribution in [0.4, 0.5) is 0 Å². The molecule has 3 nitrogen and oxygen atoms in total. The maximum Gasteiger partial charge on any atom is 0.144 e. The summed E-state index contributed by atoms with van der Waals surface area (Å²) >= 11 is 0. The highest BCUT2D eigenvalue weighted by Gasteiger charge is 1.99. The highest BCUT2D eigenvalue weighted by molar-refractivity contribution is 5.30. The summed E-state index contributed by atoms with van der Waals surface area (Å²) in [5.41, 5.74) is 1.41. The van der Waals surface area contributed by atoms with Gasteiger partial charge >= 0.3 is 0 Å². The second-order valence-electron chi connectivity index (χ2n) is 2.54. The molecule has 0 amide bonds. The van der Waals surface area contributed by atoms with Gasteiger partial charge in [0.15, 0.2) is 0 Å². The standard InChI is InChI=1S/C10H11N3/c1-2-5-12-8-9-4-3-6-13-10(9)7-11/h2-4,6,12H,1,5,8H2. The molecule has 1 heterocycles. The van der Waals surface area contributed by atoms with Crippen LogP contribution < -0.4 is 5.32 Å². The molecule has 0 atom stereocenters. The Labute approximate surface area is 77.7 Å². The Bertz CT molecular complexity index is 325. The largest absolute Gasteiger partial charge is 0.309 e. The van der Waals surface area contributed by atoms with Gasteiger partial charge in [-0.25, -0.2) is 4.98 Å². The molecule has 0 bridgehead atoms. The average molecular weight is 173 g/mol. The fraction of sp³-hybridized carbons (Fsp3) is 0.200. The summed E-state index contributed by atoms with van der Waals surface area (Å²) in [4.78, 5) is 3.95. The Balaban J connectivity index is 2.65. The molecule has 1 aromatic rings. The summed E-state index contributed by atoms with van der Waals surface area (Å²) in [5.74, 6) is 0. The second kappa shape index (κ2) is 5.07. The first kappa shape index (κ1) is 9.43. The van der Waals surface area contributed by atoms with Crippen LogP contribution in [0.25, 0.3) is 0 Å². The lowest BCUT2D eigenvalue weighted by Crippen LogP contribution is -2.13. The van der Waals surface area contributed by atoms with Gasteiger partial charge in [-0.05, 0) is 6.07 Å². The van der Waals surface area contributed by atoms with Gasteiger partial charge in [-0.1, -0.05) is 12.1 Å².